The second kappa shape index (κ2) is 7.84. The molecule has 1 fully saturated rings. The SMILES string of the molecule is C[C@@H](C1CC1)n1c(=O)c(NCc2ccc(NS(C)(=O)=O)cc2)nc2cnc(Cl)nc21. The Labute approximate surface area is 178 Å². The molecule has 1 saturated carbocycles. The monoisotopic (exact) mass is 448 g/mol. The Bertz CT molecular complexity index is 1260. The van der Waals surface area contributed by atoms with Crippen molar-refractivity contribution in [3.8, 4) is 0 Å². The quantitative estimate of drug-likeness (QED) is 0.533. The maximum atomic E-state index is 13.2. The third-order valence-electron chi connectivity index (χ3n) is 5.03. The number of halogens is 1. The first kappa shape index (κ1) is 20.5. The Balaban J connectivity index is 1.62. The van der Waals surface area contributed by atoms with Crippen molar-refractivity contribution in [2.75, 3.05) is 16.3 Å². The summed E-state index contributed by atoms with van der Waals surface area (Å²) >= 11 is 5.95. The number of nitrogens with zero attached hydrogens (tertiary/aromatic N) is 4. The summed E-state index contributed by atoms with van der Waals surface area (Å²) in [6.45, 7) is 2.35. The van der Waals surface area contributed by atoms with Crippen LogP contribution in [0.3, 0.4) is 0 Å². The highest BCUT2D eigenvalue weighted by molar-refractivity contribution is 7.92. The van der Waals surface area contributed by atoms with E-state index < -0.39 is 10.0 Å². The molecule has 1 aromatic carbocycles. The number of nitrogens with one attached hydrogen (secondary N) is 2. The van der Waals surface area contributed by atoms with Crippen molar-refractivity contribution in [2.45, 2.75) is 32.4 Å². The van der Waals surface area contributed by atoms with Gasteiger partial charge in [0.15, 0.2) is 11.5 Å². The second-order valence-corrected chi connectivity index (χ2v) is 9.57. The van der Waals surface area contributed by atoms with Gasteiger partial charge in [0.25, 0.3) is 5.56 Å². The fourth-order valence-electron chi connectivity index (χ4n) is 3.35. The number of hydrogen-bond acceptors (Lipinski definition) is 7. The summed E-state index contributed by atoms with van der Waals surface area (Å²) in [5.41, 5.74) is 2.00. The van der Waals surface area contributed by atoms with Gasteiger partial charge < -0.3 is 5.32 Å². The first-order valence-corrected chi connectivity index (χ1v) is 11.7. The summed E-state index contributed by atoms with van der Waals surface area (Å²) < 4.78 is 26.7. The molecule has 0 aliphatic heterocycles. The van der Waals surface area contributed by atoms with Gasteiger partial charge in [-0.25, -0.2) is 18.4 Å². The van der Waals surface area contributed by atoms with Crippen molar-refractivity contribution in [3.63, 3.8) is 0 Å². The van der Waals surface area contributed by atoms with Crippen molar-refractivity contribution in [2.24, 2.45) is 5.92 Å². The number of sulfonamides is 1. The number of benzene rings is 1. The Hall–Kier alpha value is -2.72. The molecule has 0 unspecified atom stereocenters. The molecule has 11 heteroatoms. The molecule has 158 valence electrons. The second-order valence-electron chi connectivity index (χ2n) is 7.49. The Morgan fingerprint density at radius 3 is 2.57 bits per heavy atom. The van der Waals surface area contributed by atoms with E-state index in [4.69, 9.17) is 11.6 Å². The lowest BCUT2D eigenvalue weighted by Crippen LogP contribution is -2.29. The van der Waals surface area contributed by atoms with E-state index in [1.807, 2.05) is 6.92 Å². The highest BCUT2D eigenvalue weighted by atomic mass is 35.5. The molecule has 0 amide bonds. The van der Waals surface area contributed by atoms with E-state index in [1.165, 1.54) is 6.20 Å². The van der Waals surface area contributed by atoms with Crippen molar-refractivity contribution < 1.29 is 8.42 Å². The van der Waals surface area contributed by atoms with Gasteiger partial charge >= 0.3 is 0 Å². The molecular formula is C19H21ClN6O3S. The van der Waals surface area contributed by atoms with Crippen LogP contribution in [0.15, 0.2) is 35.3 Å². The summed E-state index contributed by atoms with van der Waals surface area (Å²) in [5.74, 6) is 0.643. The molecule has 1 aliphatic rings. The van der Waals surface area contributed by atoms with E-state index in [0.717, 1.165) is 24.7 Å². The molecule has 0 bridgehead atoms. The van der Waals surface area contributed by atoms with Crippen LogP contribution in [0.5, 0.6) is 0 Å². The van der Waals surface area contributed by atoms with E-state index in [9.17, 15) is 13.2 Å². The average Bonchev–Trinajstić information content (AvgIpc) is 3.51. The van der Waals surface area contributed by atoms with E-state index in [0.29, 0.717) is 29.3 Å². The van der Waals surface area contributed by atoms with E-state index >= 15 is 0 Å². The Kier molecular flexibility index (Phi) is 5.37. The van der Waals surface area contributed by atoms with Crippen molar-refractivity contribution in [3.05, 3.63) is 51.7 Å². The minimum Gasteiger partial charge on any atom is -0.361 e. The zero-order valence-electron chi connectivity index (χ0n) is 16.5. The van der Waals surface area contributed by atoms with Crippen LogP contribution in [0.2, 0.25) is 5.28 Å². The minimum absolute atomic E-state index is 0.0177. The van der Waals surface area contributed by atoms with Crippen LogP contribution in [0.4, 0.5) is 11.5 Å². The smallest absolute Gasteiger partial charge is 0.295 e. The molecule has 2 heterocycles. The topological polar surface area (TPSA) is 119 Å². The fourth-order valence-corrected chi connectivity index (χ4v) is 4.05. The number of aromatic nitrogens is 4. The van der Waals surface area contributed by atoms with Gasteiger partial charge in [-0.05, 0) is 55.0 Å². The lowest BCUT2D eigenvalue weighted by Gasteiger charge is -2.18. The summed E-state index contributed by atoms with van der Waals surface area (Å²) in [5, 5.41) is 3.16. The molecule has 9 nitrogen and oxygen atoms in total. The molecule has 0 saturated heterocycles. The number of anilines is 2. The number of rotatable bonds is 7. The van der Waals surface area contributed by atoms with Crippen molar-refractivity contribution in [1.82, 2.24) is 19.5 Å². The van der Waals surface area contributed by atoms with E-state index in [1.54, 1.807) is 28.8 Å². The predicted molar refractivity (Wildman–Crippen MR) is 116 cm³/mol. The molecule has 4 rings (SSSR count). The van der Waals surface area contributed by atoms with Gasteiger partial charge in [0, 0.05) is 18.3 Å². The predicted octanol–water partition coefficient (Wildman–Crippen LogP) is 2.79. The van der Waals surface area contributed by atoms with Crippen molar-refractivity contribution >= 4 is 44.3 Å². The van der Waals surface area contributed by atoms with Gasteiger partial charge in [0.1, 0.15) is 5.52 Å². The van der Waals surface area contributed by atoms with E-state index in [-0.39, 0.29) is 22.7 Å². The van der Waals surface area contributed by atoms with Crippen LogP contribution in [0.1, 0.15) is 31.4 Å². The maximum Gasteiger partial charge on any atom is 0.295 e. The molecule has 30 heavy (non-hydrogen) atoms. The Morgan fingerprint density at radius 2 is 1.93 bits per heavy atom. The summed E-state index contributed by atoms with van der Waals surface area (Å²) in [6.07, 6.45) is 4.76. The van der Waals surface area contributed by atoms with Crippen LogP contribution in [-0.2, 0) is 16.6 Å². The lowest BCUT2D eigenvalue weighted by molar-refractivity contribution is 0.482. The summed E-state index contributed by atoms with van der Waals surface area (Å²) in [6, 6.07) is 6.85. The molecule has 1 aliphatic carbocycles. The zero-order chi connectivity index (χ0) is 21.5. The first-order valence-electron chi connectivity index (χ1n) is 9.46. The molecule has 1 atom stereocenters. The fraction of sp³-hybridized carbons (Fsp3) is 0.368. The van der Waals surface area contributed by atoms with Gasteiger partial charge in [0.2, 0.25) is 15.3 Å². The molecular weight excluding hydrogens is 428 g/mol. The maximum absolute atomic E-state index is 13.2. The average molecular weight is 449 g/mol. The minimum atomic E-state index is -3.33. The molecule has 2 aromatic heterocycles. The van der Waals surface area contributed by atoms with Crippen LogP contribution in [-0.4, -0.2) is 34.2 Å². The largest absolute Gasteiger partial charge is 0.361 e. The van der Waals surface area contributed by atoms with Gasteiger partial charge in [-0.3, -0.25) is 14.1 Å². The molecule has 0 radical (unpaired) electrons. The third-order valence-corrected chi connectivity index (χ3v) is 5.82. The highest BCUT2D eigenvalue weighted by Gasteiger charge is 2.31. The zero-order valence-corrected chi connectivity index (χ0v) is 18.0. The number of hydrogen-bond donors (Lipinski definition) is 2. The number of fused-ring (bicyclic) bond motifs is 1. The van der Waals surface area contributed by atoms with Gasteiger partial charge in [-0.1, -0.05) is 12.1 Å². The summed E-state index contributed by atoms with van der Waals surface area (Å²) in [7, 11) is -3.33. The molecule has 0 spiro atoms. The summed E-state index contributed by atoms with van der Waals surface area (Å²) in [4.78, 5) is 25.8. The van der Waals surface area contributed by atoms with Crippen molar-refractivity contribution in [1.29, 1.82) is 0 Å². The molecule has 2 N–H and O–H groups in total. The normalized spacial score (nSPS) is 15.2. The van der Waals surface area contributed by atoms with Crippen LogP contribution in [0, 0.1) is 5.92 Å². The standard InChI is InChI=1S/C19H21ClN6O3S/c1-11(13-5-6-13)26-17-15(10-22-19(20)24-17)23-16(18(26)27)21-9-12-3-7-14(8-4-12)25-30(2,28)29/h3-4,7-8,10-11,13,25H,5-6,9H2,1-2H3,(H,21,23)/t11-/m0/s1. The van der Waals surface area contributed by atoms with Crippen LogP contribution >= 0.6 is 11.6 Å². The van der Waals surface area contributed by atoms with Gasteiger partial charge in [-0.15, -0.1) is 0 Å². The first-order chi connectivity index (χ1) is 14.2. The lowest BCUT2D eigenvalue weighted by atomic mass is 10.2. The molecule has 3 aromatic rings. The third kappa shape index (κ3) is 4.54. The van der Waals surface area contributed by atoms with Gasteiger partial charge in [0.05, 0.1) is 12.5 Å². The Morgan fingerprint density at radius 1 is 1.23 bits per heavy atom. The highest BCUT2D eigenvalue weighted by Crippen LogP contribution is 2.39. The van der Waals surface area contributed by atoms with Crippen LogP contribution in [0.25, 0.3) is 11.2 Å². The van der Waals surface area contributed by atoms with E-state index in [2.05, 4.69) is 25.0 Å². The van der Waals surface area contributed by atoms with Crippen LogP contribution < -0.4 is 15.6 Å². The van der Waals surface area contributed by atoms with Gasteiger partial charge in [-0.2, -0.15) is 4.98 Å².